The lowest BCUT2D eigenvalue weighted by Crippen LogP contribution is -2.34. The molecule has 2 rings (SSSR count). The zero-order valence-corrected chi connectivity index (χ0v) is 12.2. The molecule has 0 unspecified atom stereocenters. The molecular formula is C14H21N3O3. The van der Waals surface area contributed by atoms with Crippen molar-refractivity contribution in [2.45, 2.75) is 39.5 Å². The Hall–Kier alpha value is -1.85. The van der Waals surface area contributed by atoms with E-state index in [2.05, 4.69) is 10.4 Å². The molecule has 1 aromatic heterocycles. The number of hydrogen-bond donors (Lipinski definition) is 2. The zero-order chi connectivity index (χ0) is 14.9. The minimum atomic E-state index is -0.809. The van der Waals surface area contributed by atoms with Crippen LogP contribution in [-0.4, -0.2) is 33.3 Å². The van der Waals surface area contributed by atoms with Crippen molar-refractivity contribution in [3.63, 3.8) is 0 Å². The molecule has 1 saturated carbocycles. The van der Waals surface area contributed by atoms with Crippen LogP contribution in [0.4, 0.5) is 0 Å². The van der Waals surface area contributed by atoms with Crippen LogP contribution in [0.5, 0.6) is 0 Å². The van der Waals surface area contributed by atoms with Crippen LogP contribution in [0.1, 0.15) is 36.2 Å². The molecule has 0 aromatic carbocycles. The quantitative estimate of drug-likeness (QED) is 0.812. The van der Waals surface area contributed by atoms with E-state index < -0.39 is 11.4 Å². The van der Waals surface area contributed by atoms with Crippen molar-refractivity contribution in [2.75, 3.05) is 6.54 Å². The van der Waals surface area contributed by atoms with Gasteiger partial charge in [-0.25, -0.2) is 0 Å². The van der Waals surface area contributed by atoms with Crippen LogP contribution in [-0.2, 0) is 23.1 Å². The van der Waals surface area contributed by atoms with Gasteiger partial charge in [-0.15, -0.1) is 0 Å². The number of carboxylic acid groups (broad SMARTS) is 1. The second-order valence-corrected chi connectivity index (χ2v) is 5.64. The summed E-state index contributed by atoms with van der Waals surface area (Å²) in [5, 5.41) is 16.1. The largest absolute Gasteiger partial charge is 0.481 e. The monoisotopic (exact) mass is 279 g/mol. The molecule has 0 bridgehead atoms. The molecule has 20 heavy (non-hydrogen) atoms. The fraction of sp³-hybridized carbons (Fsp3) is 0.643. The SMILES string of the molecule is Cc1nn(C)c(C)c1CCC(=O)NCC1(C(=O)O)CC1. The fourth-order valence-electron chi connectivity index (χ4n) is 2.39. The first-order chi connectivity index (χ1) is 9.35. The number of aryl methyl sites for hydroxylation is 2. The average Bonchev–Trinajstić information content (AvgIpc) is 3.12. The maximum atomic E-state index is 11.8. The maximum Gasteiger partial charge on any atom is 0.311 e. The second-order valence-electron chi connectivity index (χ2n) is 5.64. The standard InChI is InChI=1S/C14H21N3O3/c1-9-11(10(2)17(3)16-9)4-5-12(18)15-8-14(6-7-14)13(19)20/h4-8H2,1-3H3,(H,15,18)(H,19,20). The maximum absolute atomic E-state index is 11.8. The predicted molar refractivity (Wildman–Crippen MR) is 73.3 cm³/mol. The summed E-state index contributed by atoms with van der Waals surface area (Å²) in [4.78, 5) is 22.8. The molecule has 0 aliphatic heterocycles. The van der Waals surface area contributed by atoms with Crippen LogP contribution in [0.2, 0.25) is 0 Å². The third-order valence-corrected chi connectivity index (χ3v) is 4.19. The zero-order valence-electron chi connectivity index (χ0n) is 12.2. The topological polar surface area (TPSA) is 84.2 Å². The van der Waals surface area contributed by atoms with Crippen LogP contribution in [0.3, 0.4) is 0 Å². The first-order valence-electron chi connectivity index (χ1n) is 6.85. The molecular weight excluding hydrogens is 258 g/mol. The number of nitrogens with zero attached hydrogens (tertiary/aromatic N) is 2. The summed E-state index contributed by atoms with van der Waals surface area (Å²) < 4.78 is 1.81. The summed E-state index contributed by atoms with van der Waals surface area (Å²) in [5.74, 6) is -0.906. The summed E-state index contributed by atoms with van der Waals surface area (Å²) in [6.45, 7) is 4.16. The van der Waals surface area contributed by atoms with Gasteiger partial charge in [-0.2, -0.15) is 5.10 Å². The van der Waals surface area contributed by atoms with Gasteiger partial charge in [0.2, 0.25) is 5.91 Å². The molecule has 1 aliphatic rings. The van der Waals surface area contributed by atoms with Crippen molar-refractivity contribution < 1.29 is 14.7 Å². The Morgan fingerprint density at radius 3 is 2.50 bits per heavy atom. The van der Waals surface area contributed by atoms with Crippen molar-refractivity contribution >= 4 is 11.9 Å². The van der Waals surface area contributed by atoms with Gasteiger partial charge in [-0.05, 0) is 38.7 Å². The Bertz CT molecular complexity index is 544. The number of nitrogens with one attached hydrogen (secondary N) is 1. The van der Waals surface area contributed by atoms with E-state index in [1.165, 1.54) is 0 Å². The van der Waals surface area contributed by atoms with Gasteiger partial charge < -0.3 is 10.4 Å². The van der Waals surface area contributed by atoms with Gasteiger partial charge in [-0.3, -0.25) is 14.3 Å². The lowest BCUT2D eigenvalue weighted by molar-refractivity contribution is -0.143. The molecule has 6 heteroatoms. The molecule has 1 aromatic rings. The Morgan fingerprint density at radius 1 is 1.40 bits per heavy atom. The molecule has 0 spiro atoms. The molecule has 1 heterocycles. The number of carboxylic acids is 1. The first kappa shape index (κ1) is 14.6. The third-order valence-electron chi connectivity index (χ3n) is 4.19. The van der Waals surface area contributed by atoms with Crippen molar-refractivity contribution in [1.82, 2.24) is 15.1 Å². The minimum absolute atomic E-state index is 0.0971. The number of carbonyl (C=O) groups is 2. The van der Waals surface area contributed by atoms with Gasteiger partial charge in [0, 0.05) is 25.7 Å². The summed E-state index contributed by atoms with van der Waals surface area (Å²) in [7, 11) is 1.88. The summed E-state index contributed by atoms with van der Waals surface area (Å²) in [6, 6.07) is 0. The van der Waals surface area contributed by atoms with E-state index in [1.807, 2.05) is 25.6 Å². The Labute approximate surface area is 118 Å². The number of amides is 1. The highest BCUT2D eigenvalue weighted by Crippen LogP contribution is 2.45. The molecule has 0 saturated heterocycles. The van der Waals surface area contributed by atoms with E-state index in [4.69, 9.17) is 5.11 Å². The van der Waals surface area contributed by atoms with E-state index in [0.29, 0.717) is 25.7 Å². The highest BCUT2D eigenvalue weighted by Gasteiger charge is 2.50. The molecule has 1 fully saturated rings. The van der Waals surface area contributed by atoms with Gasteiger partial charge in [0.25, 0.3) is 0 Å². The van der Waals surface area contributed by atoms with Crippen LogP contribution in [0.25, 0.3) is 0 Å². The number of hydrogen-bond acceptors (Lipinski definition) is 3. The van der Waals surface area contributed by atoms with Crippen molar-refractivity contribution in [2.24, 2.45) is 12.5 Å². The predicted octanol–water partition coefficient (Wildman–Crippen LogP) is 0.951. The number of rotatable bonds is 6. The summed E-state index contributed by atoms with van der Waals surface area (Å²) >= 11 is 0. The second kappa shape index (κ2) is 5.26. The number of aromatic nitrogens is 2. The van der Waals surface area contributed by atoms with Gasteiger partial charge in [0.15, 0.2) is 0 Å². The van der Waals surface area contributed by atoms with Gasteiger partial charge in [0.05, 0.1) is 11.1 Å². The molecule has 110 valence electrons. The van der Waals surface area contributed by atoms with E-state index in [9.17, 15) is 9.59 Å². The third kappa shape index (κ3) is 2.84. The van der Waals surface area contributed by atoms with Crippen molar-refractivity contribution in [3.8, 4) is 0 Å². The van der Waals surface area contributed by atoms with Gasteiger partial charge in [-0.1, -0.05) is 0 Å². The van der Waals surface area contributed by atoms with Crippen molar-refractivity contribution in [1.29, 1.82) is 0 Å². The Balaban J connectivity index is 1.82. The Kier molecular flexibility index (Phi) is 3.83. The molecule has 2 N–H and O–H groups in total. The van der Waals surface area contributed by atoms with E-state index in [1.54, 1.807) is 0 Å². The number of carbonyl (C=O) groups excluding carboxylic acids is 1. The molecule has 0 atom stereocenters. The van der Waals surface area contributed by atoms with Gasteiger partial charge >= 0.3 is 5.97 Å². The van der Waals surface area contributed by atoms with Gasteiger partial charge in [0.1, 0.15) is 0 Å². The summed E-state index contributed by atoms with van der Waals surface area (Å²) in [6.07, 6.45) is 2.31. The highest BCUT2D eigenvalue weighted by molar-refractivity contribution is 5.81. The van der Waals surface area contributed by atoms with E-state index >= 15 is 0 Å². The first-order valence-corrected chi connectivity index (χ1v) is 6.85. The minimum Gasteiger partial charge on any atom is -0.481 e. The summed E-state index contributed by atoms with van der Waals surface area (Å²) in [5.41, 5.74) is 2.42. The molecule has 0 radical (unpaired) electrons. The van der Waals surface area contributed by atoms with Crippen LogP contribution >= 0.6 is 0 Å². The smallest absolute Gasteiger partial charge is 0.311 e. The van der Waals surface area contributed by atoms with E-state index in [0.717, 1.165) is 17.0 Å². The highest BCUT2D eigenvalue weighted by atomic mass is 16.4. The lowest BCUT2D eigenvalue weighted by atomic mass is 10.1. The van der Waals surface area contributed by atoms with Crippen molar-refractivity contribution in [3.05, 3.63) is 17.0 Å². The molecule has 6 nitrogen and oxygen atoms in total. The molecule has 1 aliphatic carbocycles. The van der Waals surface area contributed by atoms with Crippen LogP contribution in [0, 0.1) is 19.3 Å². The average molecular weight is 279 g/mol. The fourth-order valence-corrected chi connectivity index (χ4v) is 2.39. The van der Waals surface area contributed by atoms with Crippen LogP contribution < -0.4 is 5.32 Å². The van der Waals surface area contributed by atoms with Crippen LogP contribution in [0.15, 0.2) is 0 Å². The Morgan fingerprint density at radius 2 is 2.05 bits per heavy atom. The lowest BCUT2D eigenvalue weighted by Gasteiger charge is -2.11. The normalized spacial score (nSPS) is 15.9. The number of aliphatic carboxylic acids is 1. The van der Waals surface area contributed by atoms with E-state index in [-0.39, 0.29) is 12.5 Å². The molecule has 1 amide bonds.